The van der Waals surface area contributed by atoms with Crippen molar-refractivity contribution in [3.05, 3.63) is 0 Å². The Kier molecular flexibility index (Phi) is 3.48. The van der Waals surface area contributed by atoms with Gasteiger partial charge in [0.05, 0.1) is 6.10 Å². The summed E-state index contributed by atoms with van der Waals surface area (Å²) in [7, 11) is 0. The minimum Gasteiger partial charge on any atom is -0.377 e. The van der Waals surface area contributed by atoms with E-state index in [1.807, 2.05) is 0 Å². The third kappa shape index (κ3) is 2.80. The molecule has 1 aliphatic carbocycles. The lowest BCUT2D eigenvalue weighted by molar-refractivity contribution is -0.131. The molecule has 1 atom stereocenters. The van der Waals surface area contributed by atoms with Gasteiger partial charge in [-0.25, -0.2) is 0 Å². The summed E-state index contributed by atoms with van der Waals surface area (Å²) in [4.78, 5) is 11.2. The number of ketones is 1. The first kappa shape index (κ1) is 10.7. The third-order valence-corrected chi connectivity index (χ3v) is 2.86. The van der Waals surface area contributed by atoms with Crippen molar-refractivity contribution >= 4 is 5.78 Å². The van der Waals surface area contributed by atoms with Gasteiger partial charge in [-0.3, -0.25) is 4.79 Å². The summed E-state index contributed by atoms with van der Waals surface area (Å²) in [5.74, 6) is 0.362. The summed E-state index contributed by atoms with van der Waals surface area (Å²) >= 11 is 0. The summed E-state index contributed by atoms with van der Waals surface area (Å²) in [6, 6.07) is 0. The lowest BCUT2D eigenvalue weighted by Gasteiger charge is -2.37. The second-order valence-electron chi connectivity index (χ2n) is 4.59. The molecule has 2 nitrogen and oxygen atoms in total. The molecule has 13 heavy (non-hydrogen) atoms. The van der Waals surface area contributed by atoms with E-state index in [2.05, 4.69) is 20.8 Å². The fraction of sp³-hybridized carbons (Fsp3) is 0.909. The molecule has 1 fully saturated rings. The van der Waals surface area contributed by atoms with Crippen molar-refractivity contribution in [2.45, 2.75) is 52.6 Å². The number of carbonyl (C=O) groups excluding carboxylic acids is 1. The van der Waals surface area contributed by atoms with Crippen molar-refractivity contribution in [2.24, 2.45) is 5.41 Å². The van der Waals surface area contributed by atoms with Crippen LogP contribution in [0, 0.1) is 5.41 Å². The summed E-state index contributed by atoms with van der Waals surface area (Å²) in [6.45, 7) is 7.26. The molecular weight excluding hydrogens is 164 g/mol. The summed E-state index contributed by atoms with van der Waals surface area (Å²) in [5.41, 5.74) is 0.184. The summed E-state index contributed by atoms with van der Waals surface area (Å²) < 4.78 is 5.70. The lowest BCUT2D eigenvalue weighted by atomic mass is 9.74. The van der Waals surface area contributed by atoms with Crippen molar-refractivity contribution in [3.8, 4) is 0 Å². The van der Waals surface area contributed by atoms with Crippen LogP contribution in [0.2, 0.25) is 0 Å². The van der Waals surface area contributed by atoms with Gasteiger partial charge in [-0.05, 0) is 18.3 Å². The second-order valence-corrected chi connectivity index (χ2v) is 4.59. The number of Topliss-reactive ketones (excluding diaryl/α,β-unsaturated/α-hetero) is 1. The van der Waals surface area contributed by atoms with Gasteiger partial charge in [-0.1, -0.05) is 20.8 Å². The molecule has 76 valence electrons. The van der Waals surface area contributed by atoms with E-state index in [9.17, 15) is 4.79 Å². The molecule has 0 aliphatic heterocycles. The molecule has 1 saturated carbocycles. The molecule has 0 spiro atoms. The van der Waals surface area contributed by atoms with Crippen LogP contribution in [-0.2, 0) is 9.53 Å². The zero-order chi connectivity index (χ0) is 9.90. The van der Waals surface area contributed by atoms with Crippen LogP contribution in [0.25, 0.3) is 0 Å². The van der Waals surface area contributed by atoms with Crippen LogP contribution in [0.5, 0.6) is 0 Å². The van der Waals surface area contributed by atoms with E-state index in [1.54, 1.807) is 0 Å². The van der Waals surface area contributed by atoms with E-state index in [0.29, 0.717) is 12.2 Å². The normalized spacial score (nSPS) is 27.6. The van der Waals surface area contributed by atoms with Crippen molar-refractivity contribution in [1.82, 2.24) is 0 Å². The average molecular weight is 184 g/mol. The molecule has 2 heteroatoms. The molecule has 0 aromatic rings. The van der Waals surface area contributed by atoms with Gasteiger partial charge in [0.1, 0.15) is 5.78 Å². The maximum atomic E-state index is 11.2. The number of carbonyl (C=O) groups is 1. The Balaban J connectivity index is 2.50. The average Bonchev–Trinajstić information content (AvgIpc) is 2.07. The highest BCUT2D eigenvalue weighted by atomic mass is 16.5. The van der Waals surface area contributed by atoms with E-state index in [-0.39, 0.29) is 11.5 Å². The Hall–Kier alpha value is -0.370. The Morgan fingerprint density at radius 1 is 1.54 bits per heavy atom. The monoisotopic (exact) mass is 184 g/mol. The quantitative estimate of drug-likeness (QED) is 0.673. The lowest BCUT2D eigenvalue weighted by Crippen LogP contribution is -2.38. The van der Waals surface area contributed by atoms with E-state index in [4.69, 9.17) is 4.74 Å². The van der Waals surface area contributed by atoms with Crippen molar-refractivity contribution in [1.29, 1.82) is 0 Å². The molecule has 1 aliphatic rings. The predicted octanol–water partition coefficient (Wildman–Crippen LogP) is 2.56. The van der Waals surface area contributed by atoms with E-state index in [0.717, 1.165) is 25.9 Å². The minimum absolute atomic E-state index is 0.147. The molecule has 1 rings (SSSR count). The first-order valence-corrected chi connectivity index (χ1v) is 5.19. The van der Waals surface area contributed by atoms with Gasteiger partial charge in [0.15, 0.2) is 0 Å². The molecule has 0 aromatic heterocycles. The summed E-state index contributed by atoms with van der Waals surface area (Å²) in [6.07, 6.45) is 3.50. The second kappa shape index (κ2) is 4.23. The van der Waals surface area contributed by atoms with Gasteiger partial charge < -0.3 is 4.74 Å². The standard InChI is InChI=1S/C11H20O2/c1-4-7-13-10-8-9(12)5-6-11(10,2)3/h10H,4-8H2,1-3H3. The van der Waals surface area contributed by atoms with Crippen LogP contribution < -0.4 is 0 Å². The number of hydrogen-bond donors (Lipinski definition) is 0. The molecular formula is C11H20O2. The zero-order valence-electron chi connectivity index (χ0n) is 8.93. The fourth-order valence-corrected chi connectivity index (χ4v) is 1.75. The molecule has 0 aromatic carbocycles. The van der Waals surface area contributed by atoms with E-state index < -0.39 is 0 Å². The minimum atomic E-state index is 0.147. The highest BCUT2D eigenvalue weighted by molar-refractivity contribution is 5.79. The van der Waals surface area contributed by atoms with E-state index in [1.165, 1.54) is 0 Å². The van der Waals surface area contributed by atoms with Gasteiger partial charge >= 0.3 is 0 Å². The van der Waals surface area contributed by atoms with Gasteiger partial charge in [0.2, 0.25) is 0 Å². The van der Waals surface area contributed by atoms with Crippen LogP contribution in [-0.4, -0.2) is 18.5 Å². The van der Waals surface area contributed by atoms with Gasteiger partial charge in [-0.2, -0.15) is 0 Å². The Morgan fingerprint density at radius 3 is 2.85 bits per heavy atom. The Bertz CT molecular complexity index is 185. The smallest absolute Gasteiger partial charge is 0.135 e. The van der Waals surface area contributed by atoms with Gasteiger partial charge in [-0.15, -0.1) is 0 Å². The van der Waals surface area contributed by atoms with Crippen molar-refractivity contribution in [2.75, 3.05) is 6.61 Å². The van der Waals surface area contributed by atoms with Crippen molar-refractivity contribution < 1.29 is 9.53 Å². The fourth-order valence-electron chi connectivity index (χ4n) is 1.75. The molecule has 0 saturated heterocycles. The molecule has 1 unspecified atom stereocenters. The van der Waals surface area contributed by atoms with E-state index >= 15 is 0 Å². The van der Waals surface area contributed by atoms with Crippen LogP contribution >= 0.6 is 0 Å². The van der Waals surface area contributed by atoms with Crippen molar-refractivity contribution in [3.63, 3.8) is 0 Å². The SMILES string of the molecule is CCCOC1CC(=O)CCC1(C)C. The van der Waals surface area contributed by atoms with Gasteiger partial charge in [0, 0.05) is 19.4 Å². The predicted molar refractivity (Wildman–Crippen MR) is 52.7 cm³/mol. The molecule has 0 N–H and O–H groups in total. The van der Waals surface area contributed by atoms with Crippen LogP contribution in [0.1, 0.15) is 46.5 Å². The Labute approximate surface area is 80.7 Å². The maximum absolute atomic E-state index is 11.2. The molecule has 0 bridgehead atoms. The first-order valence-electron chi connectivity index (χ1n) is 5.19. The molecule has 0 amide bonds. The highest BCUT2D eigenvalue weighted by Gasteiger charge is 2.36. The first-order chi connectivity index (χ1) is 6.06. The third-order valence-electron chi connectivity index (χ3n) is 2.86. The van der Waals surface area contributed by atoms with Crippen LogP contribution in [0.3, 0.4) is 0 Å². The largest absolute Gasteiger partial charge is 0.377 e. The highest BCUT2D eigenvalue weighted by Crippen LogP contribution is 2.35. The van der Waals surface area contributed by atoms with Crippen LogP contribution in [0.15, 0.2) is 0 Å². The molecule has 0 radical (unpaired) electrons. The molecule has 0 heterocycles. The zero-order valence-corrected chi connectivity index (χ0v) is 8.93. The number of rotatable bonds is 3. The van der Waals surface area contributed by atoms with Gasteiger partial charge in [0.25, 0.3) is 0 Å². The summed E-state index contributed by atoms with van der Waals surface area (Å²) in [5, 5.41) is 0. The topological polar surface area (TPSA) is 26.3 Å². The van der Waals surface area contributed by atoms with Crippen LogP contribution in [0.4, 0.5) is 0 Å². The Morgan fingerprint density at radius 2 is 2.23 bits per heavy atom. The maximum Gasteiger partial charge on any atom is 0.135 e. The number of ether oxygens (including phenoxy) is 1. The number of hydrogen-bond acceptors (Lipinski definition) is 2.